The summed E-state index contributed by atoms with van der Waals surface area (Å²) in [7, 11) is 1.78. The number of nitrogens with one attached hydrogen (secondary N) is 1. The zero-order chi connectivity index (χ0) is 16.7. The van der Waals surface area contributed by atoms with Crippen LogP contribution in [0.5, 0.6) is 0 Å². The van der Waals surface area contributed by atoms with Crippen molar-refractivity contribution >= 4 is 47.4 Å². The molecule has 1 saturated heterocycles. The Morgan fingerprint density at radius 3 is 2.54 bits per heavy atom. The molecule has 136 valence electrons. The number of ether oxygens (including phenoxy) is 1. The van der Waals surface area contributed by atoms with Crippen LogP contribution in [0.3, 0.4) is 0 Å². The number of aromatic nitrogens is 1. The average molecular weight is 467 g/mol. The zero-order valence-electron chi connectivity index (χ0n) is 14.4. The molecule has 0 aromatic carbocycles. The van der Waals surface area contributed by atoms with Gasteiger partial charge in [0.2, 0.25) is 0 Å². The molecule has 1 aliphatic heterocycles. The molecule has 0 spiro atoms. The number of carbonyl (C=O) groups is 1. The van der Waals surface area contributed by atoms with E-state index in [-0.39, 0.29) is 30.1 Å². The van der Waals surface area contributed by atoms with Crippen LogP contribution >= 0.6 is 35.3 Å². The van der Waals surface area contributed by atoms with Gasteiger partial charge in [-0.1, -0.05) is 6.92 Å². The molecule has 1 amide bonds. The number of thiazole rings is 1. The van der Waals surface area contributed by atoms with Crippen LogP contribution in [0.2, 0.25) is 0 Å². The highest BCUT2D eigenvalue weighted by atomic mass is 127. The van der Waals surface area contributed by atoms with Gasteiger partial charge < -0.3 is 19.9 Å². The number of aliphatic imine (C=N–C) groups is 1. The van der Waals surface area contributed by atoms with Gasteiger partial charge in [0.25, 0.3) is 0 Å². The predicted molar refractivity (Wildman–Crippen MR) is 107 cm³/mol. The summed E-state index contributed by atoms with van der Waals surface area (Å²) >= 11 is 1.73. The van der Waals surface area contributed by atoms with E-state index in [0.29, 0.717) is 26.2 Å². The lowest BCUT2D eigenvalue weighted by atomic mass is 10.3. The molecule has 1 aliphatic rings. The monoisotopic (exact) mass is 467 g/mol. The predicted octanol–water partition coefficient (Wildman–Crippen LogP) is 2.17. The van der Waals surface area contributed by atoms with Crippen molar-refractivity contribution in [3.63, 3.8) is 0 Å². The minimum atomic E-state index is -0.232. The van der Waals surface area contributed by atoms with Crippen LogP contribution in [0.1, 0.15) is 23.7 Å². The minimum absolute atomic E-state index is 0. The molecule has 9 heteroatoms. The number of nitrogens with zero attached hydrogens (tertiary/aromatic N) is 4. The van der Waals surface area contributed by atoms with E-state index in [1.54, 1.807) is 23.3 Å². The van der Waals surface area contributed by atoms with Gasteiger partial charge in [0.05, 0.1) is 13.2 Å². The van der Waals surface area contributed by atoms with Gasteiger partial charge in [0.1, 0.15) is 5.01 Å². The number of hydrogen-bond donors (Lipinski definition) is 1. The number of guanidine groups is 1. The third-order valence-corrected chi connectivity index (χ3v) is 4.81. The first kappa shape index (κ1) is 20.9. The fraction of sp³-hybridized carbons (Fsp3) is 0.667. The third kappa shape index (κ3) is 5.76. The lowest BCUT2D eigenvalue weighted by Gasteiger charge is -2.35. The maximum absolute atomic E-state index is 11.7. The van der Waals surface area contributed by atoms with Crippen LogP contribution in [-0.2, 0) is 17.7 Å². The Morgan fingerprint density at radius 2 is 2.00 bits per heavy atom. The maximum atomic E-state index is 11.7. The van der Waals surface area contributed by atoms with Crippen molar-refractivity contribution < 1.29 is 9.53 Å². The molecular formula is C15H26IN5O2S. The zero-order valence-corrected chi connectivity index (χ0v) is 17.6. The maximum Gasteiger partial charge on any atom is 0.409 e. The van der Waals surface area contributed by atoms with Gasteiger partial charge in [0, 0.05) is 44.3 Å². The lowest BCUT2D eigenvalue weighted by Crippen LogP contribution is -2.53. The molecule has 1 N–H and O–H groups in total. The van der Waals surface area contributed by atoms with E-state index in [4.69, 9.17) is 4.74 Å². The highest BCUT2D eigenvalue weighted by molar-refractivity contribution is 14.0. The second-order valence-electron chi connectivity index (χ2n) is 5.15. The molecule has 1 fully saturated rings. The Morgan fingerprint density at radius 1 is 1.33 bits per heavy atom. The lowest BCUT2D eigenvalue weighted by molar-refractivity contribution is 0.0914. The number of halogens is 1. The van der Waals surface area contributed by atoms with E-state index >= 15 is 0 Å². The summed E-state index contributed by atoms with van der Waals surface area (Å²) in [6.07, 6.45) is 2.72. The quantitative estimate of drug-likeness (QED) is 0.418. The summed E-state index contributed by atoms with van der Waals surface area (Å²) in [5, 5.41) is 4.41. The molecule has 0 saturated carbocycles. The molecule has 24 heavy (non-hydrogen) atoms. The molecule has 2 rings (SSSR count). The van der Waals surface area contributed by atoms with E-state index < -0.39 is 0 Å². The molecule has 2 heterocycles. The molecule has 0 unspecified atom stereocenters. The molecule has 1 aromatic heterocycles. The number of amides is 1. The van der Waals surface area contributed by atoms with Crippen molar-refractivity contribution in [2.75, 3.05) is 39.8 Å². The van der Waals surface area contributed by atoms with Gasteiger partial charge >= 0.3 is 6.09 Å². The van der Waals surface area contributed by atoms with Crippen LogP contribution < -0.4 is 5.32 Å². The molecular weight excluding hydrogens is 441 g/mol. The van der Waals surface area contributed by atoms with Crippen LogP contribution in [0.15, 0.2) is 11.2 Å². The number of piperazine rings is 1. The summed E-state index contributed by atoms with van der Waals surface area (Å²) < 4.78 is 5.04. The Balaban J connectivity index is 0.00000288. The van der Waals surface area contributed by atoms with E-state index in [1.165, 1.54) is 4.88 Å². The first-order valence-electron chi connectivity index (χ1n) is 7.98. The number of carbonyl (C=O) groups excluding carboxylic acids is 1. The van der Waals surface area contributed by atoms with Crippen LogP contribution in [0.25, 0.3) is 0 Å². The first-order chi connectivity index (χ1) is 11.2. The van der Waals surface area contributed by atoms with E-state index in [0.717, 1.165) is 30.5 Å². The highest BCUT2D eigenvalue weighted by Crippen LogP contribution is 2.13. The van der Waals surface area contributed by atoms with E-state index in [2.05, 4.69) is 27.1 Å². The molecule has 0 radical (unpaired) electrons. The topological polar surface area (TPSA) is 70.1 Å². The first-order valence-corrected chi connectivity index (χ1v) is 8.80. The SMILES string of the molecule is CCOC(=O)N1CCN(C(=NC)NCc2ncc(CC)s2)CC1.I. The second-order valence-corrected chi connectivity index (χ2v) is 6.35. The van der Waals surface area contributed by atoms with Gasteiger partial charge in [0.15, 0.2) is 5.96 Å². The van der Waals surface area contributed by atoms with E-state index in [9.17, 15) is 4.79 Å². The number of hydrogen-bond acceptors (Lipinski definition) is 5. The summed E-state index contributed by atoms with van der Waals surface area (Å²) in [6.45, 7) is 7.83. The van der Waals surface area contributed by atoms with Gasteiger partial charge in [-0.15, -0.1) is 35.3 Å². The van der Waals surface area contributed by atoms with Gasteiger partial charge in [-0.25, -0.2) is 9.78 Å². The molecule has 1 aromatic rings. The molecule has 0 aliphatic carbocycles. The van der Waals surface area contributed by atoms with Crippen molar-refractivity contribution in [3.8, 4) is 0 Å². The Bertz CT molecular complexity index is 544. The Kier molecular flexibility index (Phi) is 9.34. The molecule has 7 nitrogen and oxygen atoms in total. The fourth-order valence-corrected chi connectivity index (χ4v) is 3.20. The standard InChI is InChI=1S/C15H25N5O2S.HI/c1-4-12-10-17-13(23-12)11-18-14(16-3)19-6-8-20(9-7-19)15(21)22-5-2;/h10H,4-9,11H2,1-3H3,(H,16,18);1H. The van der Waals surface area contributed by atoms with Gasteiger partial charge in [-0.05, 0) is 13.3 Å². The smallest absolute Gasteiger partial charge is 0.409 e. The van der Waals surface area contributed by atoms with Crippen molar-refractivity contribution in [1.29, 1.82) is 0 Å². The Hall–Kier alpha value is -1.10. The van der Waals surface area contributed by atoms with E-state index in [1.807, 2.05) is 13.1 Å². The van der Waals surface area contributed by atoms with Gasteiger partial charge in [-0.3, -0.25) is 4.99 Å². The summed E-state index contributed by atoms with van der Waals surface area (Å²) in [5.74, 6) is 0.849. The van der Waals surface area contributed by atoms with Crippen molar-refractivity contribution in [1.82, 2.24) is 20.1 Å². The summed E-state index contributed by atoms with van der Waals surface area (Å²) in [5.41, 5.74) is 0. The minimum Gasteiger partial charge on any atom is -0.450 e. The number of aryl methyl sites for hydroxylation is 1. The van der Waals surface area contributed by atoms with Gasteiger partial charge in [-0.2, -0.15) is 0 Å². The second kappa shape index (κ2) is 10.7. The Labute approximate surface area is 164 Å². The molecule has 0 atom stereocenters. The van der Waals surface area contributed by atoms with Crippen molar-refractivity contribution in [2.45, 2.75) is 26.8 Å². The largest absolute Gasteiger partial charge is 0.450 e. The fourth-order valence-electron chi connectivity index (χ4n) is 2.40. The summed E-state index contributed by atoms with van der Waals surface area (Å²) in [4.78, 5) is 25.6. The normalized spacial score (nSPS) is 15.0. The number of rotatable bonds is 4. The third-order valence-electron chi connectivity index (χ3n) is 3.66. The summed E-state index contributed by atoms with van der Waals surface area (Å²) in [6, 6.07) is 0. The highest BCUT2D eigenvalue weighted by Gasteiger charge is 2.23. The average Bonchev–Trinajstić information content (AvgIpc) is 3.04. The van der Waals surface area contributed by atoms with Crippen LogP contribution in [-0.4, -0.2) is 66.7 Å². The van der Waals surface area contributed by atoms with Crippen LogP contribution in [0.4, 0.5) is 4.79 Å². The van der Waals surface area contributed by atoms with Crippen molar-refractivity contribution in [2.24, 2.45) is 4.99 Å². The van der Waals surface area contributed by atoms with Crippen LogP contribution in [0, 0.1) is 0 Å². The molecule has 0 bridgehead atoms. The van der Waals surface area contributed by atoms with Crippen molar-refractivity contribution in [3.05, 3.63) is 16.1 Å².